The highest BCUT2D eigenvalue weighted by atomic mass is 16.5. The number of methoxy groups -OCH3 is 1. The Balaban J connectivity index is 1.59. The van der Waals surface area contributed by atoms with Crippen molar-refractivity contribution in [2.24, 2.45) is 0 Å². The van der Waals surface area contributed by atoms with Gasteiger partial charge in [0.05, 0.1) is 38.4 Å². The van der Waals surface area contributed by atoms with Crippen molar-refractivity contribution in [2.75, 3.05) is 33.4 Å². The number of rotatable bonds is 12. The predicted molar refractivity (Wildman–Crippen MR) is 129 cm³/mol. The lowest BCUT2D eigenvalue weighted by Gasteiger charge is -2.29. The number of likely N-dealkylation sites (tertiary alicyclic amines) is 1. The molecule has 3 N–H and O–H groups in total. The Morgan fingerprint density at radius 2 is 1.74 bits per heavy atom. The van der Waals surface area contributed by atoms with Gasteiger partial charge >= 0.3 is 0 Å². The van der Waals surface area contributed by atoms with Gasteiger partial charge in [-0.1, -0.05) is 12.1 Å². The quantitative estimate of drug-likeness (QED) is 0.436. The molecule has 0 bridgehead atoms. The van der Waals surface area contributed by atoms with E-state index in [2.05, 4.69) is 10.2 Å². The summed E-state index contributed by atoms with van der Waals surface area (Å²) >= 11 is 0. The molecule has 1 aliphatic heterocycles. The minimum atomic E-state index is -0.905. The summed E-state index contributed by atoms with van der Waals surface area (Å²) in [7, 11) is 1.60. The number of carbonyl (C=O) groups is 1. The average molecular weight is 473 g/mol. The van der Waals surface area contributed by atoms with E-state index >= 15 is 0 Å². The molecule has 0 aromatic heterocycles. The fourth-order valence-electron chi connectivity index (χ4n) is 3.94. The number of nitrogens with zero attached hydrogens (tertiary/aromatic N) is 1. The van der Waals surface area contributed by atoms with E-state index in [0.29, 0.717) is 30.8 Å². The fraction of sp³-hybridized carbons (Fsp3) is 0.500. The zero-order chi connectivity index (χ0) is 24.5. The highest BCUT2D eigenvalue weighted by Gasteiger charge is 2.29. The van der Waals surface area contributed by atoms with Crippen LogP contribution in [0.4, 0.5) is 0 Å². The number of β-amino-alcohol motifs (C(OH)–C–C–N with tert-alkyl or cyclic N) is 1. The van der Waals surface area contributed by atoms with Gasteiger partial charge in [0, 0.05) is 19.6 Å². The lowest BCUT2D eigenvalue weighted by Crippen LogP contribution is -2.47. The Bertz CT molecular complexity index is 887. The fourth-order valence-corrected chi connectivity index (χ4v) is 3.94. The summed E-state index contributed by atoms with van der Waals surface area (Å²) in [5.41, 5.74) is 0.690. The minimum Gasteiger partial charge on any atom is -0.497 e. The summed E-state index contributed by atoms with van der Waals surface area (Å²) in [6.45, 7) is 5.81. The van der Waals surface area contributed by atoms with Crippen molar-refractivity contribution in [3.63, 3.8) is 0 Å². The molecule has 186 valence electrons. The third-order valence-corrected chi connectivity index (χ3v) is 5.68. The van der Waals surface area contributed by atoms with Gasteiger partial charge in [0.15, 0.2) is 0 Å². The number of amides is 1. The van der Waals surface area contributed by atoms with E-state index in [-0.39, 0.29) is 31.1 Å². The van der Waals surface area contributed by atoms with Gasteiger partial charge in [0.1, 0.15) is 23.4 Å². The van der Waals surface area contributed by atoms with Crippen LogP contribution in [0.15, 0.2) is 48.5 Å². The Labute approximate surface area is 201 Å². The van der Waals surface area contributed by atoms with E-state index in [9.17, 15) is 15.0 Å². The van der Waals surface area contributed by atoms with Crippen LogP contribution in [0.1, 0.15) is 38.4 Å². The number of benzene rings is 2. The second-order valence-corrected chi connectivity index (χ2v) is 8.83. The Morgan fingerprint density at radius 3 is 2.32 bits per heavy atom. The molecule has 1 heterocycles. The molecular weight excluding hydrogens is 436 g/mol. The maximum atomic E-state index is 12.7. The Morgan fingerprint density at radius 1 is 1.09 bits per heavy atom. The van der Waals surface area contributed by atoms with Gasteiger partial charge in [0.2, 0.25) is 5.91 Å². The topological polar surface area (TPSA) is 100 Å². The van der Waals surface area contributed by atoms with Crippen LogP contribution in [0.3, 0.4) is 0 Å². The highest BCUT2D eigenvalue weighted by molar-refractivity contribution is 5.76. The van der Waals surface area contributed by atoms with Crippen molar-refractivity contribution in [3.8, 4) is 17.2 Å². The molecular formula is C26H36N2O6. The Kier molecular flexibility index (Phi) is 9.56. The van der Waals surface area contributed by atoms with Gasteiger partial charge in [-0.2, -0.15) is 0 Å². The average Bonchev–Trinajstić information content (AvgIpc) is 3.23. The SMILES string of the molecule is COc1ccc(OCCC(=O)N[C@H](CN2CC[C@H](O)C2)[C@@H](O)c2ccc(OC(C)C)cc2)cc1. The summed E-state index contributed by atoms with van der Waals surface area (Å²) in [5.74, 6) is 1.90. The minimum absolute atomic E-state index is 0.0598. The van der Waals surface area contributed by atoms with Gasteiger partial charge in [-0.25, -0.2) is 0 Å². The molecule has 0 saturated carbocycles. The van der Waals surface area contributed by atoms with E-state index in [0.717, 1.165) is 18.0 Å². The molecule has 34 heavy (non-hydrogen) atoms. The lowest BCUT2D eigenvalue weighted by molar-refractivity contribution is -0.123. The van der Waals surface area contributed by atoms with Crippen LogP contribution in [0, 0.1) is 0 Å². The lowest BCUT2D eigenvalue weighted by atomic mass is 10.0. The van der Waals surface area contributed by atoms with Crippen LogP contribution in [0.25, 0.3) is 0 Å². The number of hydrogen-bond acceptors (Lipinski definition) is 7. The van der Waals surface area contributed by atoms with Crippen LogP contribution in [-0.4, -0.2) is 72.6 Å². The van der Waals surface area contributed by atoms with Crippen LogP contribution >= 0.6 is 0 Å². The van der Waals surface area contributed by atoms with E-state index in [1.165, 1.54) is 0 Å². The molecule has 1 saturated heterocycles. The van der Waals surface area contributed by atoms with Crippen LogP contribution in [0.5, 0.6) is 17.2 Å². The normalized spacial score (nSPS) is 17.9. The first-order valence-electron chi connectivity index (χ1n) is 11.8. The van der Waals surface area contributed by atoms with Crippen molar-refractivity contribution in [3.05, 3.63) is 54.1 Å². The molecule has 0 aliphatic carbocycles. The summed E-state index contributed by atoms with van der Waals surface area (Å²) in [6.07, 6.45) is -0.382. The summed E-state index contributed by atoms with van der Waals surface area (Å²) in [4.78, 5) is 14.7. The van der Waals surface area contributed by atoms with E-state index in [4.69, 9.17) is 14.2 Å². The molecule has 0 unspecified atom stereocenters. The second-order valence-electron chi connectivity index (χ2n) is 8.83. The third-order valence-electron chi connectivity index (χ3n) is 5.68. The number of nitrogens with one attached hydrogen (secondary N) is 1. The van der Waals surface area contributed by atoms with Gasteiger partial charge < -0.3 is 29.7 Å². The number of aliphatic hydroxyl groups excluding tert-OH is 2. The van der Waals surface area contributed by atoms with Crippen molar-refractivity contribution in [1.29, 1.82) is 0 Å². The molecule has 1 aliphatic rings. The smallest absolute Gasteiger partial charge is 0.223 e. The number of aliphatic hydroxyl groups is 2. The van der Waals surface area contributed by atoms with E-state index in [1.54, 1.807) is 31.4 Å². The molecule has 2 aromatic carbocycles. The molecule has 3 rings (SSSR count). The van der Waals surface area contributed by atoms with Gasteiger partial charge in [-0.15, -0.1) is 0 Å². The molecule has 1 amide bonds. The first-order valence-corrected chi connectivity index (χ1v) is 11.8. The second kappa shape index (κ2) is 12.6. The molecule has 0 spiro atoms. The first-order chi connectivity index (χ1) is 16.3. The molecule has 1 fully saturated rings. The van der Waals surface area contributed by atoms with Crippen LogP contribution < -0.4 is 19.5 Å². The van der Waals surface area contributed by atoms with Crippen molar-refractivity contribution in [2.45, 2.75) is 51.0 Å². The molecule has 8 heteroatoms. The van der Waals surface area contributed by atoms with Gasteiger partial charge in [0.25, 0.3) is 0 Å². The van der Waals surface area contributed by atoms with Gasteiger partial charge in [-0.3, -0.25) is 9.69 Å². The van der Waals surface area contributed by atoms with Crippen molar-refractivity contribution >= 4 is 5.91 Å². The van der Waals surface area contributed by atoms with Crippen LogP contribution in [0.2, 0.25) is 0 Å². The van der Waals surface area contributed by atoms with E-state index in [1.807, 2.05) is 38.1 Å². The zero-order valence-electron chi connectivity index (χ0n) is 20.1. The number of hydrogen-bond donors (Lipinski definition) is 3. The predicted octanol–water partition coefficient (Wildman–Crippen LogP) is 2.54. The van der Waals surface area contributed by atoms with Gasteiger partial charge in [-0.05, 0) is 62.2 Å². The number of ether oxygens (including phenoxy) is 3. The molecule has 8 nitrogen and oxygen atoms in total. The number of carbonyl (C=O) groups excluding carboxylic acids is 1. The summed E-state index contributed by atoms with van der Waals surface area (Å²) in [5, 5.41) is 23.9. The molecule has 2 aromatic rings. The largest absolute Gasteiger partial charge is 0.497 e. The van der Waals surface area contributed by atoms with Crippen molar-refractivity contribution < 1.29 is 29.2 Å². The maximum absolute atomic E-state index is 12.7. The third kappa shape index (κ3) is 7.90. The maximum Gasteiger partial charge on any atom is 0.223 e. The molecule has 3 atom stereocenters. The highest BCUT2D eigenvalue weighted by Crippen LogP contribution is 2.23. The van der Waals surface area contributed by atoms with Crippen LogP contribution in [-0.2, 0) is 4.79 Å². The standard InChI is InChI=1S/C26H36N2O6/c1-18(2)34-23-6-4-19(5-7-23)26(31)24(17-28-14-12-20(29)16-28)27-25(30)13-15-33-22-10-8-21(32-3)9-11-22/h4-11,18,20,24,26,29,31H,12-17H2,1-3H3,(H,27,30)/t20-,24+,26-/m0/s1. The van der Waals surface area contributed by atoms with Crippen molar-refractivity contribution in [1.82, 2.24) is 10.2 Å². The summed E-state index contributed by atoms with van der Waals surface area (Å²) in [6, 6.07) is 13.9. The zero-order valence-corrected chi connectivity index (χ0v) is 20.1. The first kappa shape index (κ1) is 25.8. The summed E-state index contributed by atoms with van der Waals surface area (Å²) < 4.78 is 16.5. The Hall–Kier alpha value is -2.81. The molecule has 0 radical (unpaired) electrons. The monoisotopic (exact) mass is 472 g/mol. The van der Waals surface area contributed by atoms with E-state index < -0.39 is 12.1 Å².